The molecule has 4 heteroatoms. The highest BCUT2D eigenvalue weighted by Crippen LogP contribution is 2.29. The Labute approximate surface area is 117 Å². The lowest BCUT2D eigenvalue weighted by Gasteiger charge is -2.38. The number of piperazine rings is 1. The van der Waals surface area contributed by atoms with Gasteiger partial charge in [0, 0.05) is 32.1 Å². The fourth-order valence-corrected chi connectivity index (χ4v) is 3.50. The van der Waals surface area contributed by atoms with Crippen molar-refractivity contribution in [1.29, 1.82) is 0 Å². The fraction of sp³-hybridized carbons (Fsp3) is 0.933. The number of carbonyl (C=O) groups excluding carboxylic acids is 1. The van der Waals surface area contributed by atoms with Gasteiger partial charge in [0.1, 0.15) is 0 Å². The molecule has 0 aromatic heterocycles. The van der Waals surface area contributed by atoms with Gasteiger partial charge in [0.05, 0.1) is 0 Å². The van der Waals surface area contributed by atoms with Crippen LogP contribution in [0.5, 0.6) is 0 Å². The maximum Gasteiger partial charge on any atom is 0.225 e. The molecule has 2 N–H and O–H groups in total. The van der Waals surface area contributed by atoms with E-state index in [-0.39, 0.29) is 5.92 Å². The third kappa shape index (κ3) is 3.93. The highest BCUT2D eigenvalue weighted by Gasteiger charge is 2.31. The summed E-state index contributed by atoms with van der Waals surface area (Å²) in [7, 11) is 0. The maximum atomic E-state index is 12.5. The Balaban J connectivity index is 1.80. The van der Waals surface area contributed by atoms with Crippen molar-refractivity contribution in [3.8, 4) is 0 Å². The fourth-order valence-electron chi connectivity index (χ4n) is 3.50. The molecule has 0 bridgehead atoms. The lowest BCUT2D eigenvalue weighted by molar-refractivity contribution is -0.138. The molecule has 1 aliphatic carbocycles. The van der Waals surface area contributed by atoms with Crippen molar-refractivity contribution in [2.24, 2.45) is 17.6 Å². The molecule has 2 unspecified atom stereocenters. The Morgan fingerprint density at radius 2 is 1.95 bits per heavy atom. The molecule has 1 aliphatic heterocycles. The van der Waals surface area contributed by atoms with Gasteiger partial charge in [0.25, 0.3) is 0 Å². The van der Waals surface area contributed by atoms with E-state index in [9.17, 15) is 4.79 Å². The molecule has 2 aliphatic rings. The van der Waals surface area contributed by atoms with E-state index in [0.717, 1.165) is 45.6 Å². The van der Waals surface area contributed by atoms with Gasteiger partial charge in [0.2, 0.25) is 5.91 Å². The van der Waals surface area contributed by atoms with E-state index in [4.69, 9.17) is 5.73 Å². The lowest BCUT2D eigenvalue weighted by Crippen LogP contribution is -2.51. The van der Waals surface area contributed by atoms with Gasteiger partial charge in [-0.05, 0) is 44.7 Å². The molecule has 110 valence electrons. The summed E-state index contributed by atoms with van der Waals surface area (Å²) in [5.41, 5.74) is 5.76. The minimum atomic E-state index is 0.250. The lowest BCUT2D eigenvalue weighted by atomic mass is 9.80. The Kier molecular flexibility index (Phi) is 5.64. The number of hydrogen-bond acceptors (Lipinski definition) is 3. The summed E-state index contributed by atoms with van der Waals surface area (Å²) in [6.45, 7) is 8.06. The molecule has 0 aromatic rings. The monoisotopic (exact) mass is 267 g/mol. The standard InChI is InChI=1S/C15H29N3O/c1-2-6-17-7-9-18(10-8-17)15(19)14-5-3-4-13(11-14)12-16/h13-14H,2-12,16H2,1H3. The predicted octanol–water partition coefficient (Wildman–Crippen LogP) is 1.31. The van der Waals surface area contributed by atoms with Gasteiger partial charge < -0.3 is 10.6 Å². The minimum Gasteiger partial charge on any atom is -0.340 e. The summed E-state index contributed by atoms with van der Waals surface area (Å²) in [6, 6.07) is 0. The Morgan fingerprint density at radius 1 is 1.21 bits per heavy atom. The van der Waals surface area contributed by atoms with Gasteiger partial charge in [-0.1, -0.05) is 13.3 Å². The van der Waals surface area contributed by atoms with Crippen LogP contribution < -0.4 is 5.73 Å². The van der Waals surface area contributed by atoms with Crippen molar-refractivity contribution in [2.45, 2.75) is 39.0 Å². The molecule has 0 aromatic carbocycles. The average Bonchev–Trinajstić information content (AvgIpc) is 2.48. The zero-order valence-corrected chi connectivity index (χ0v) is 12.3. The first-order valence-electron chi connectivity index (χ1n) is 7.95. The second kappa shape index (κ2) is 7.25. The first-order chi connectivity index (χ1) is 9.24. The SMILES string of the molecule is CCCN1CCN(C(=O)C2CCCC(CN)C2)CC1. The molecule has 0 radical (unpaired) electrons. The van der Waals surface area contributed by atoms with Gasteiger partial charge >= 0.3 is 0 Å². The molecule has 2 fully saturated rings. The summed E-state index contributed by atoms with van der Waals surface area (Å²) in [4.78, 5) is 17.1. The van der Waals surface area contributed by atoms with Gasteiger partial charge in [0.15, 0.2) is 0 Å². The molecular weight excluding hydrogens is 238 g/mol. The van der Waals surface area contributed by atoms with E-state index in [1.165, 1.54) is 25.8 Å². The summed E-state index contributed by atoms with van der Waals surface area (Å²) in [6.07, 6.45) is 5.68. The molecule has 1 saturated carbocycles. The van der Waals surface area contributed by atoms with Crippen molar-refractivity contribution in [3.63, 3.8) is 0 Å². The minimum absolute atomic E-state index is 0.250. The van der Waals surface area contributed by atoms with Crippen LogP contribution in [0.15, 0.2) is 0 Å². The second-order valence-corrected chi connectivity index (χ2v) is 6.13. The van der Waals surface area contributed by atoms with Crippen LogP contribution in [-0.4, -0.2) is 55.0 Å². The van der Waals surface area contributed by atoms with Crippen LogP contribution in [0.3, 0.4) is 0 Å². The van der Waals surface area contributed by atoms with Crippen molar-refractivity contribution < 1.29 is 4.79 Å². The summed E-state index contributed by atoms with van der Waals surface area (Å²) in [5.74, 6) is 1.22. The first kappa shape index (κ1) is 14.8. The zero-order valence-electron chi connectivity index (χ0n) is 12.3. The highest BCUT2D eigenvalue weighted by atomic mass is 16.2. The normalized spacial score (nSPS) is 29.5. The third-order valence-electron chi connectivity index (χ3n) is 4.69. The van der Waals surface area contributed by atoms with Crippen LogP contribution in [-0.2, 0) is 4.79 Å². The summed E-state index contributed by atoms with van der Waals surface area (Å²) < 4.78 is 0. The van der Waals surface area contributed by atoms with Crippen LogP contribution in [0.1, 0.15) is 39.0 Å². The van der Waals surface area contributed by atoms with Crippen molar-refractivity contribution in [3.05, 3.63) is 0 Å². The van der Waals surface area contributed by atoms with Gasteiger partial charge in [-0.25, -0.2) is 0 Å². The van der Waals surface area contributed by atoms with Crippen molar-refractivity contribution in [2.75, 3.05) is 39.3 Å². The van der Waals surface area contributed by atoms with E-state index in [2.05, 4.69) is 16.7 Å². The van der Waals surface area contributed by atoms with Crippen LogP contribution in [0.25, 0.3) is 0 Å². The van der Waals surface area contributed by atoms with Crippen molar-refractivity contribution >= 4 is 5.91 Å². The average molecular weight is 267 g/mol. The van der Waals surface area contributed by atoms with E-state index in [0.29, 0.717) is 11.8 Å². The second-order valence-electron chi connectivity index (χ2n) is 6.13. The number of hydrogen-bond donors (Lipinski definition) is 1. The van der Waals surface area contributed by atoms with Gasteiger partial charge in [-0.2, -0.15) is 0 Å². The number of nitrogens with zero attached hydrogens (tertiary/aromatic N) is 2. The first-order valence-corrected chi connectivity index (χ1v) is 7.95. The van der Waals surface area contributed by atoms with Crippen LogP contribution in [0, 0.1) is 11.8 Å². The highest BCUT2D eigenvalue weighted by molar-refractivity contribution is 5.79. The topological polar surface area (TPSA) is 49.6 Å². The molecule has 0 spiro atoms. The number of carbonyl (C=O) groups is 1. The molecule has 19 heavy (non-hydrogen) atoms. The van der Waals surface area contributed by atoms with Crippen LogP contribution >= 0.6 is 0 Å². The third-order valence-corrected chi connectivity index (χ3v) is 4.69. The Hall–Kier alpha value is -0.610. The maximum absolute atomic E-state index is 12.5. The number of nitrogens with two attached hydrogens (primary N) is 1. The molecule has 4 nitrogen and oxygen atoms in total. The Morgan fingerprint density at radius 3 is 2.58 bits per heavy atom. The number of amides is 1. The predicted molar refractivity (Wildman–Crippen MR) is 77.8 cm³/mol. The van der Waals surface area contributed by atoms with E-state index in [1.807, 2.05) is 0 Å². The van der Waals surface area contributed by atoms with Gasteiger partial charge in [-0.3, -0.25) is 9.69 Å². The number of rotatable bonds is 4. The largest absolute Gasteiger partial charge is 0.340 e. The van der Waals surface area contributed by atoms with Crippen LogP contribution in [0.4, 0.5) is 0 Å². The molecule has 1 heterocycles. The molecule has 1 saturated heterocycles. The van der Waals surface area contributed by atoms with Crippen LogP contribution in [0.2, 0.25) is 0 Å². The molecule has 2 rings (SSSR count). The summed E-state index contributed by atoms with van der Waals surface area (Å²) >= 11 is 0. The quantitative estimate of drug-likeness (QED) is 0.835. The molecule has 2 atom stereocenters. The van der Waals surface area contributed by atoms with E-state index < -0.39 is 0 Å². The van der Waals surface area contributed by atoms with E-state index >= 15 is 0 Å². The molecular formula is C15H29N3O. The molecule has 1 amide bonds. The summed E-state index contributed by atoms with van der Waals surface area (Å²) in [5, 5.41) is 0. The smallest absolute Gasteiger partial charge is 0.225 e. The van der Waals surface area contributed by atoms with E-state index in [1.54, 1.807) is 0 Å². The zero-order chi connectivity index (χ0) is 13.7. The van der Waals surface area contributed by atoms with Gasteiger partial charge in [-0.15, -0.1) is 0 Å². The van der Waals surface area contributed by atoms with Crippen molar-refractivity contribution in [1.82, 2.24) is 9.80 Å². The Bertz CT molecular complexity index is 287.